The van der Waals surface area contributed by atoms with E-state index in [-0.39, 0.29) is 5.91 Å². The van der Waals surface area contributed by atoms with Crippen LogP contribution in [0.15, 0.2) is 30.3 Å². The first kappa shape index (κ1) is 13.4. The van der Waals surface area contributed by atoms with E-state index in [1.807, 2.05) is 30.3 Å². The minimum absolute atomic E-state index is 0.0344. The van der Waals surface area contributed by atoms with Gasteiger partial charge in [0.1, 0.15) is 11.5 Å². The SMILES string of the molecule is COc1ccc2ccc3c(c2c1)OC1(CCCCC1)NC3=O. The summed E-state index contributed by atoms with van der Waals surface area (Å²) in [6, 6.07) is 9.67. The van der Waals surface area contributed by atoms with Crippen LogP contribution in [0.5, 0.6) is 11.5 Å². The van der Waals surface area contributed by atoms with Crippen LogP contribution < -0.4 is 14.8 Å². The zero-order chi connectivity index (χ0) is 15.2. The van der Waals surface area contributed by atoms with Crippen LogP contribution in [-0.4, -0.2) is 18.7 Å². The van der Waals surface area contributed by atoms with E-state index >= 15 is 0 Å². The molecule has 1 heterocycles. The third kappa shape index (κ3) is 2.02. The van der Waals surface area contributed by atoms with Gasteiger partial charge in [-0.2, -0.15) is 0 Å². The van der Waals surface area contributed by atoms with Gasteiger partial charge in [0.25, 0.3) is 5.91 Å². The average Bonchev–Trinajstić information content (AvgIpc) is 2.55. The van der Waals surface area contributed by atoms with Crippen molar-refractivity contribution in [2.75, 3.05) is 7.11 Å². The van der Waals surface area contributed by atoms with Crippen molar-refractivity contribution in [1.82, 2.24) is 5.32 Å². The Hall–Kier alpha value is -2.23. The fourth-order valence-corrected chi connectivity index (χ4v) is 3.53. The standard InChI is InChI=1S/C18H19NO3/c1-21-13-7-5-12-6-8-14-16(15(12)11-13)22-18(19-17(14)20)9-3-2-4-10-18/h5-8,11H,2-4,9-10H2,1H3,(H,19,20). The maximum Gasteiger partial charge on any atom is 0.258 e. The number of hydrogen-bond acceptors (Lipinski definition) is 3. The minimum atomic E-state index is -0.528. The lowest BCUT2D eigenvalue weighted by Crippen LogP contribution is -2.57. The van der Waals surface area contributed by atoms with E-state index in [9.17, 15) is 4.79 Å². The zero-order valence-corrected chi connectivity index (χ0v) is 12.6. The Bertz CT molecular complexity index is 747. The molecule has 1 N–H and O–H groups in total. The second kappa shape index (κ2) is 4.90. The number of methoxy groups -OCH3 is 1. The number of fused-ring (bicyclic) bond motifs is 3. The molecule has 0 saturated heterocycles. The quantitative estimate of drug-likeness (QED) is 0.874. The van der Waals surface area contributed by atoms with Crippen molar-refractivity contribution in [3.05, 3.63) is 35.9 Å². The van der Waals surface area contributed by atoms with E-state index < -0.39 is 5.72 Å². The maximum absolute atomic E-state index is 12.5. The molecule has 1 amide bonds. The predicted molar refractivity (Wildman–Crippen MR) is 84.4 cm³/mol. The predicted octanol–water partition coefficient (Wildman–Crippen LogP) is 3.63. The molecular weight excluding hydrogens is 278 g/mol. The van der Waals surface area contributed by atoms with E-state index in [1.54, 1.807) is 7.11 Å². The maximum atomic E-state index is 12.5. The summed E-state index contributed by atoms with van der Waals surface area (Å²) < 4.78 is 11.7. The normalized spacial score (nSPS) is 19.4. The van der Waals surface area contributed by atoms with Crippen molar-refractivity contribution in [1.29, 1.82) is 0 Å². The van der Waals surface area contributed by atoms with Gasteiger partial charge < -0.3 is 14.8 Å². The van der Waals surface area contributed by atoms with Gasteiger partial charge in [-0.25, -0.2) is 0 Å². The van der Waals surface area contributed by atoms with Crippen LogP contribution in [-0.2, 0) is 0 Å². The molecule has 2 aliphatic rings. The molecule has 1 aliphatic carbocycles. The number of rotatable bonds is 1. The number of carbonyl (C=O) groups excluding carboxylic acids is 1. The van der Waals surface area contributed by atoms with E-state index in [4.69, 9.17) is 9.47 Å². The monoisotopic (exact) mass is 297 g/mol. The Morgan fingerprint density at radius 1 is 1.14 bits per heavy atom. The van der Waals surface area contributed by atoms with E-state index in [2.05, 4.69) is 5.32 Å². The van der Waals surface area contributed by atoms with Crippen LogP contribution in [0.3, 0.4) is 0 Å². The van der Waals surface area contributed by atoms with Crippen molar-refractivity contribution < 1.29 is 14.3 Å². The van der Waals surface area contributed by atoms with Gasteiger partial charge in [-0.15, -0.1) is 0 Å². The fourth-order valence-electron chi connectivity index (χ4n) is 3.53. The molecule has 0 bridgehead atoms. The van der Waals surface area contributed by atoms with Gasteiger partial charge in [-0.1, -0.05) is 18.6 Å². The van der Waals surface area contributed by atoms with Crippen molar-refractivity contribution in [2.24, 2.45) is 0 Å². The smallest absolute Gasteiger partial charge is 0.258 e. The molecule has 0 unspecified atom stereocenters. The Kier molecular flexibility index (Phi) is 2.99. The number of amides is 1. The van der Waals surface area contributed by atoms with Crippen molar-refractivity contribution in [2.45, 2.75) is 37.8 Å². The summed E-state index contributed by atoms with van der Waals surface area (Å²) in [4.78, 5) is 12.5. The highest BCUT2D eigenvalue weighted by Gasteiger charge is 2.41. The summed E-state index contributed by atoms with van der Waals surface area (Å²) in [5.74, 6) is 1.43. The third-order valence-electron chi connectivity index (χ3n) is 4.72. The van der Waals surface area contributed by atoms with Crippen LogP contribution in [0.4, 0.5) is 0 Å². The summed E-state index contributed by atoms with van der Waals surface area (Å²) >= 11 is 0. The summed E-state index contributed by atoms with van der Waals surface area (Å²) in [7, 11) is 1.65. The second-order valence-corrected chi connectivity index (χ2v) is 6.14. The lowest BCUT2D eigenvalue weighted by Gasteiger charge is -2.42. The third-order valence-corrected chi connectivity index (χ3v) is 4.72. The first-order chi connectivity index (χ1) is 10.7. The molecule has 0 atom stereocenters. The Balaban J connectivity index is 1.88. The summed E-state index contributed by atoms with van der Waals surface area (Å²) in [5, 5.41) is 5.09. The summed E-state index contributed by atoms with van der Waals surface area (Å²) in [6.45, 7) is 0. The van der Waals surface area contributed by atoms with Gasteiger partial charge >= 0.3 is 0 Å². The largest absolute Gasteiger partial charge is 0.497 e. The Morgan fingerprint density at radius 2 is 1.91 bits per heavy atom. The molecule has 1 saturated carbocycles. The number of ether oxygens (including phenoxy) is 2. The highest BCUT2D eigenvalue weighted by Crippen LogP contribution is 2.41. The Labute approximate surface area is 129 Å². The number of nitrogens with one attached hydrogen (secondary N) is 1. The lowest BCUT2D eigenvalue weighted by atomic mass is 9.89. The zero-order valence-electron chi connectivity index (χ0n) is 12.6. The number of benzene rings is 2. The molecule has 0 radical (unpaired) electrons. The van der Waals surface area contributed by atoms with Crippen molar-refractivity contribution in [3.63, 3.8) is 0 Å². The highest BCUT2D eigenvalue weighted by molar-refractivity contribution is 6.05. The molecule has 2 aromatic rings. The number of hydrogen-bond donors (Lipinski definition) is 1. The molecule has 2 aromatic carbocycles. The van der Waals surface area contributed by atoms with Crippen molar-refractivity contribution in [3.8, 4) is 11.5 Å². The topological polar surface area (TPSA) is 47.6 Å². The summed E-state index contributed by atoms with van der Waals surface area (Å²) in [5.41, 5.74) is 0.0802. The molecule has 1 fully saturated rings. The fraction of sp³-hybridized carbons (Fsp3) is 0.389. The molecule has 4 rings (SSSR count). The van der Waals surface area contributed by atoms with Gasteiger partial charge in [0, 0.05) is 18.2 Å². The van der Waals surface area contributed by atoms with Crippen LogP contribution in [0, 0.1) is 0 Å². The van der Waals surface area contributed by atoms with Crippen LogP contribution in [0.1, 0.15) is 42.5 Å². The first-order valence-corrected chi connectivity index (χ1v) is 7.83. The molecule has 4 heteroatoms. The summed E-state index contributed by atoms with van der Waals surface area (Å²) in [6.07, 6.45) is 5.13. The molecule has 0 aromatic heterocycles. The van der Waals surface area contributed by atoms with Gasteiger partial charge in [0.15, 0.2) is 5.72 Å². The van der Waals surface area contributed by atoms with Crippen molar-refractivity contribution >= 4 is 16.7 Å². The molecule has 114 valence electrons. The molecule has 1 spiro atoms. The van der Waals surface area contributed by atoms with Crippen LogP contribution >= 0.6 is 0 Å². The highest BCUT2D eigenvalue weighted by atomic mass is 16.5. The molecule has 4 nitrogen and oxygen atoms in total. The van der Waals surface area contributed by atoms with E-state index in [0.29, 0.717) is 11.3 Å². The van der Waals surface area contributed by atoms with Crippen LogP contribution in [0.2, 0.25) is 0 Å². The van der Waals surface area contributed by atoms with E-state index in [1.165, 1.54) is 6.42 Å². The molecule has 22 heavy (non-hydrogen) atoms. The average molecular weight is 297 g/mol. The van der Waals surface area contributed by atoms with Gasteiger partial charge in [0.2, 0.25) is 0 Å². The molecule has 1 aliphatic heterocycles. The van der Waals surface area contributed by atoms with Crippen LogP contribution in [0.25, 0.3) is 10.8 Å². The second-order valence-electron chi connectivity index (χ2n) is 6.14. The molecular formula is C18H19NO3. The van der Waals surface area contributed by atoms with Gasteiger partial charge in [-0.05, 0) is 36.4 Å². The van der Waals surface area contributed by atoms with Gasteiger partial charge in [0.05, 0.1) is 12.7 Å². The lowest BCUT2D eigenvalue weighted by molar-refractivity contribution is -0.00739. The minimum Gasteiger partial charge on any atom is -0.497 e. The Morgan fingerprint density at radius 3 is 2.68 bits per heavy atom. The first-order valence-electron chi connectivity index (χ1n) is 7.83. The van der Waals surface area contributed by atoms with Gasteiger partial charge in [-0.3, -0.25) is 4.79 Å². The number of carbonyl (C=O) groups is 1. The van der Waals surface area contributed by atoms with E-state index in [0.717, 1.165) is 42.2 Å².